The van der Waals surface area contributed by atoms with Crippen molar-refractivity contribution in [3.8, 4) is 0 Å². The van der Waals surface area contributed by atoms with E-state index in [0.29, 0.717) is 25.1 Å². The van der Waals surface area contributed by atoms with E-state index in [1.54, 1.807) is 19.1 Å². The third-order valence-electron chi connectivity index (χ3n) is 6.07. The maximum absolute atomic E-state index is 13.2. The summed E-state index contributed by atoms with van der Waals surface area (Å²) in [6.07, 6.45) is 2.95. The number of hydrogen-bond acceptors (Lipinski definition) is 4. The number of carbonyl (C=O) groups excluding carboxylic acids is 3. The average Bonchev–Trinajstić information content (AvgIpc) is 2.90. The van der Waals surface area contributed by atoms with Gasteiger partial charge in [0.1, 0.15) is 0 Å². The molecule has 2 amide bonds. The molecule has 5 heteroatoms. The highest BCUT2D eigenvalue weighted by molar-refractivity contribution is 6.23. The summed E-state index contributed by atoms with van der Waals surface area (Å²) >= 11 is 0. The zero-order valence-electron chi connectivity index (χ0n) is 13.7. The highest BCUT2D eigenvalue weighted by atomic mass is 16.5. The number of rotatable bonds is 3. The smallest absolute Gasteiger partial charge is 0.312 e. The number of fused-ring (bicyclic) bond motifs is 2. The third kappa shape index (κ3) is 1.90. The molecule has 1 aromatic rings. The highest BCUT2D eigenvalue weighted by Gasteiger charge is 2.67. The van der Waals surface area contributed by atoms with Crippen molar-refractivity contribution in [1.29, 1.82) is 0 Å². The van der Waals surface area contributed by atoms with Gasteiger partial charge in [0.05, 0.1) is 29.5 Å². The number of benzene rings is 1. The van der Waals surface area contributed by atoms with Crippen LogP contribution in [-0.2, 0) is 19.1 Å². The lowest BCUT2D eigenvalue weighted by Crippen LogP contribution is -2.54. The number of esters is 1. The number of nitrogens with zero attached hydrogens (tertiary/aromatic N) is 1. The van der Waals surface area contributed by atoms with Gasteiger partial charge in [0.2, 0.25) is 11.8 Å². The third-order valence-corrected chi connectivity index (χ3v) is 6.07. The lowest BCUT2D eigenvalue weighted by molar-refractivity contribution is -0.174. The van der Waals surface area contributed by atoms with E-state index in [1.165, 1.54) is 4.90 Å². The molecule has 4 aliphatic rings. The number of para-hydroxylation sites is 1. The van der Waals surface area contributed by atoms with E-state index in [0.717, 1.165) is 12.8 Å². The second-order valence-electron chi connectivity index (χ2n) is 7.06. The molecule has 5 rings (SSSR count). The summed E-state index contributed by atoms with van der Waals surface area (Å²) in [5, 5.41) is 0. The lowest BCUT2D eigenvalue weighted by Gasteiger charge is -2.50. The van der Waals surface area contributed by atoms with Crippen molar-refractivity contribution in [2.75, 3.05) is 11.5 Å². The first-order chi connectivity index (χ1) is 11.6. The number of amides is 2. The second kappa shape index (κ2) is 5.43. The van der Waals surface area contributed by atoms with Crippen molar-refractivity contribution in [2.24, 2.45) is 23.2 Å². The maximum Gasteiger partial charge on any atom is 0.312 e. The van der Waals surface area contributed by atoms with Crippen LogP contribution in [0.2, 0.25) is 0 Å². The monoisotopic (exact) mass is 327 g/mol. The molecular formula is C19H21NO4. The fraction of sp³-hybridized carbons (Fsp3) is 0.526. The van der Waals surface area contributed by atoms with Crippen LogP contribution in [0.3, 0.4) is 0 Å². The molecule has 0 unspecified atom stereocenters. The van der Waals surface area contributed by atoms with Crippen LogP contribution in [0.1, 0.15) is 32.6 Å². The standard InChI is InChI=1S/C19H21NO4/c1-2-24-18(23)19-10-8-12(9-11-19)14-15(19)17(22)20(16(14)21)13-6-4-3-5-7-13/h3-7,12,14-15H,2,8-11H2,1H3/t12?,14-,15-,19?/m1/s1. The minimum absolute atomic E-state index is 0.144. The van der Waals surface area contributed by atoms with Crippen molar-refractivity contribution in [3.05, 3.63) is 30.3 Å². The first-order valence-electron chi connectivity index (χ1n) is 8.70. The van der Waals surface area contributed by atoms with Crippen LogP contribution in [0.15, 0.2) is 30.3 Å². The van der Waals surface area contributed by atoms with E-state index in [1.807, 2.05) is 18.2 Å². The van der Waals surface area contributed by atoms with E-state index < -0.39 is 11.3 Å². The van der Waals surface area contributed by atoms with Gasteiger partial charge in [-0.15, -0.1) is 0 Å². The fourth-order valence-electron chi connectivity index (χ4n) is 5.01. The maximum atomic E-state index is 13.2. The van der Waals surface area contributed by atoms with Gasteiger partial charge >= 0.3 is 5.97 Å². The fourth-order valence-corrected chi connectivity index (χ4v) is 5.01. The summed E-state index contributed by atoms with van der Waals surface area (Å²) in [5.74, 6) is -1.39. The SMILES string of the molecule is CCOC(=O)C12CCC(CC1)[C@H]1C(=O)N(c3ccccc3)C(=O)[C@@H]12. The van der Waals surface area contributed by atoms with Crippen molar-refractivity contribution in [3.63, 3.8) is 0 Å². The Balaban J connectivity index is 1.77. The van der Waals surface area contributed by atoms with Crippen LogP contribution >= 0.6 is 0 Å². The van der Waals surface area contributed by atoms with Gasteiger partial charge in [0, 0.05) is 0 Å². The minimum Gasteiger partial charge on any atom is -0.466 e. The van der Waals surface area contributed by atoms with Gasteiger partial charge in [-0.1, -0.05) is 18.2 Å². The lowest BCUT2D eigenvalue weighted by atomic mass is 9.51. The summed E-state index contributed by atoms with van der Waals surface area (Å²) in [4.78, 5) is 40.2. The Bertz CT molecular complexity index is 691. The molecule has 126 valence electrons. The molecule has 1 aromatic carbocycles. The summed E-state index contributed by atoms with van der Waals surface area (Å²) in [7, 11) is 0. The molecule has 3 aliphatic carbocycles. The van der Waals surface area contributed by atoms with Gasteiger partial charge in [-0.3, -0.25) is 19.3 Å². The zero-order valence-corrected chi connectivity index (χ0v) is 13.7. The van der Waals surface area contributed by atoms with E-state index in [2.05, 4.69) is 0 Å². The zero-order chi connectivity index (χ0) is 16.9. The molecule has 5 nitrogen and oxygen atoms in total. The Labute approximate surface area is 141 Å². The first kappa shape index (κ1) is 15.4. The Morgan fingerprint density at radius 3 is 2.46 bits per heavy atom. The van der Waals surface area contributed by atoms with Crippen LogP contribution in [0.5, 0.6) is 0 Å². The van der Waals surface area contributed by atoms with Crippen molar-refractivity contribution >= 4 is 23.5 Å². The quantitative estimate of drug-likeness (QED) is 0.632. The van der Waals surface area contributed by atoms with E-state index >= 15 is 0 Å². The van der Waals surface area contributed by atoms with Crippen LogP contribution in [0.4, 0.5) is 5.69 Å². The molecule has 0 radical (unpaired) electrons. The predicted octanol–water partition coefficient (Wildman–Crippen LogP) is 2.55. The minimum atomic E-state index is -0.814. The molecule has 0 aromatic heterocycles. The number of imide groups is 1. The highest BCUT2D eigenvalue weighted by Crippen LogP contribution is 2.60. The van der Waals surface area contributed by atoms with Crippen molar-refractivity contribution in [2.45, 2.75) is 32.6 Å². The molecule has 2 bridgehead atoms. The van der Waals surface area contributed by atoms with E-state index in [-0.39, 0.29) is 29.6 Å². The molecular weight excluding hydrogens is 306 g/mol. The normalized spacial score (nSPS) is 34.4. The Morgan fingerprint density at radius 2 is 1.83 bits per heavy atom. The number of hydrogen-bond donors (Lipinski definition) is 0. The van der Waals surface area contributed by atoms with Gasteiger partial charge < -0.3 is 4.74 Å². The van der Waals surface area contributed by atoms with E-state index in [4.69, 9.17) is 4.74 Å². The Hall–Kier alpha value is -2.17. The summed E-state index contributed by atoms with van der Waals surface area (Å²) < 4.78 is 5.31. The molecule has 3 saturated carbocycles. The largest absolute Gasteiger partial charge is 0.466 e. The number of ether oxygens (including phenoxy) is 1. The van der Waals surface area contributed by atoms with E-state index in [9.17, 15) is 14.4 Å². The number of carbonyl (C=O) groups is 3. The topological polar surface area (TPSA) is 63.7 Å². The summed E-state index contributed by atoms with van der Waals surface area (Å²) in [5.41, 5.74) is -0.216. The van der Waals surface area contributed by atoms with Crippen LogP contribution in [0, 0.1) is 23.2 Å². The van der Waals surface area contributed by atoms with Crippen LogP contribution < -0.4 is 4.90 Å². The average molecular weight is 327 g/mol. The van der Waals surface area contributed by atoms with Gasteiger partial charge in [-0.2, -0.15) is 0 Å². The molecule has 2 atom stereocenters. The van der Waals surface area contributed by atoms with Gasteiger partial charge in [0.15, 0.2) is 0 Å². The molecule has 1 saturated heterocycles. The molecule has 4 fully saturated rings. The van der Waals surface area contributed by atoms with Crippen LogP contribution in [-0.4, -0.2) is 24.4 Å². The first-order valence-corrected chi connectivity index (χ1v) is 8.70. The molecule has 1 aliphatic heterocycles. The predicted molar refractivity (Wildman–Crippen MR) is 86.9 cm³/mol. The molecule has 1 heterocycles. The van der Waals surface area contributed by atoms with Gasteiger partial charge in [-0.25, -0.2) is 0 Å². The van der Waals surface area contributed by atoms with Gasteiger partial charge in [0.25, 0.3) is 0 Å². The second-order valence-corrected chi connectivity index (χ2v) is 7.06. The number of anilines is 1. The summed E-state index contributed by atoms with van der Waals surface area (Å²) in [6.45, 7) is 2.07. The van der Waals surface area contributed by atoms with Crippen molar-refractivity contribution < 1.29 is 19.1 Å². The molecule has 24 heavy (non-hydrogen) atoms. The van der Waals surface area contributed by atoms with Crippen LogP contribution in [0.25, 0.3) is 0 Å². The molecule has 0 N–H and O–H groups in total. The van der Waals surface area contributed by atoms with Crippen molar-refractivity contribution in [1.82, 2.24) is 0 Å². The Morgan fingerprint density at radius 1 is 1.17 bits per heavy atom. The van der Waals surface area contributed by atoms with Gasteiger partial charge in [-0.05, 0) is 50.7 Å². The summed E-state index contributed by atoms with van der Waals surface area (Å²) in [6, 6.07) is 9.02. The Kier molecular flexibility index (Phi) is 3.48. The molecule has 0 spiro atoms.